The normalized spacial score (nSPS) is 25.7. The number of urea groups is 1. The summed E-state index contributed by atoms with van der Waals surface area (Å²) < 4.78 is 7.75. The summed E-state index contributed by atoms with van der Waals surface area (Å²) >= 11 is 0. The molecule has 1 saturated heterocycles. The fraction of sp³-hybridized carbons (Fsp3) is 0.611. The second-order valence-corrected chi connectivity index (χ2v) is 6.95. The maximum Gasteiger partial charge on any atom is 0.315 e. The number of nitrogens with zero attached hydrogens (tertiary/aromatic N) is 3. The van der Waals surface area contributed by atoms with Crippen LogP contribution in [0.15, 0.2) is 24.4 Å². The minimum Gasteiger partial charge on any atom is -0.378 e. The summed E-state index contributed by atoms with van der Waals surface area (Å²) in [6.07, 6.45) is 8.33. The van der Waals surface area contributed by atoms with Crippen LogP contribution in [0, 0.1) is 5.92 Å². The zero-order valence-corrected chi connectivity index (χ0v) is 14.4. The number of fused-ring (bicyclic) bond motifs is 2. The Morgan fingerprint density at radius 1 is 1.28 bits per heavy atom. The highest BCUT2D eigenvalue weighted by Gasteiger charge is 2.38. The van der Waals surface area contributed by atoms with Crippen molar-refractivity contribution in [3.05, 3.63) is 30.2 Å². The highest BCUT2D eigenvalue weighted by Crippen LogP contribution is 2.34. The molecule has 2 amide bonds. The molecule has 0 aromatic carbocycles. The number of aromatic nitrogens is 3. The summed E-state index contributed by atoms with van der Waals surface area (Å²) in [7, 11) is 0. The van der Waals surface area contributed by atoms with Crippen LogP contribution < -0.4 is 10.6 Å². The van der Waals surface area contributed by atoms with E-state index in [4.69, 9.17) is 4.74 Å². The van der Waals surface area contributed by atoms with E-state index in [-0.39, 0.29) is 12.1 Å². The molecule has 2 N–H and O–H groups in total. The van der Waals surface area contributed by atoms with Gasteiger partial charge in [-0.15, -0.1) is 10.2 Å². The highest BCUT2D eigenvalue weighted by atomic mass is 16.5. The van der Waals surface area contributed by atoms with Crippen molar-refractivity contribution in [1.82, 2.24) is 25.2 Å². The number of hydrogen-bond acceptors (Lipinski definition) is 4. The van der Waals surface area contributed by atoms with Crippen molar-refractivity contribution in [3.63, 3.8) is 0 Å². The molecule has 3 atom stereocenters. The molecular formula is C18H25N5O2. The van der Waals surface area contributed by atoms with Crippen LogP contribution >= 0.6 is 0 Å². The van der Waals surface area contributed by atoms with Gasteiger partial charge in [0.2, 0.25) is 0 Å². The lowest BCUT2D eigenvalue weighted by Crippen LogP contribution is -2.49. The smallest absolute Gasteiger partial charge is 0.315 e. The van der Waals surface area contributed by atoms with E-state index < -0.39 is 0 Å². The highest BCUT2D eigenvalue weighted by molar-refractivity contribution is 5.74. The van der Waals surface area contributed by atoms with Crippen LogP contribution in [-0.4, -0.2) is 45.9 Å². The van der Waals surface area contributed by atoms with Gasteiger partial charge in [0, 0.05) is 37.7 Å². The van der Waals surface area contributed by atoms with Crippen molar-refractivity contribution < 1.29 is 9.53 Å². The predicted octanol–water partition coefficient (Wildman–Crippen LogP) is 1.92. The molecule has 4 rings (SSSR count). The third-order valence-electron chi connectivity index (χ3n) is 5.34. The van der Waals surface area contributed by atoms with E-state index in [0.29, 0.717) is 18.6 Å². The van der Waals surface area contributed by atoms with E-state index >= 15 is 0 Å². The Labute approximate surface area is 147 Å². The molecule has 0 radical (unpaired) electrons. The SMILES string of the molecule is O=C(NCCCc1nnc2ccccn12)N[C@@H]1CCC[C@@H]2OCC[C@@H]21. The van der Waals surface area contributed by atoms with Gasteiger partial charge in [-0.2, -0.15) is 0 Å². The third-order valence-corrected chi connectivity index (χ3v) is 5.34. The van der Waals surface area contributed by atoms with Crippen molar-refractivity contribution in [2.75, 3.05) is 13.2 Å². The lowest BCUT2D eigenvalue weighted by atomic mass is 9.82. The summed E-state index contributed by atoms with van der Waals surface area (Å²) in [6, 6.07) is 6.04. The van der Waals surface area contributed by atoms with E-state index in [2.05, 4.69) is 20.8 Å². The first-order valence-corrected chi connectivity index (χ1v) is 9.26. The van der Waals surface area contributed by atoms with Gasteiger partial charge in [-0.1, -0.05) is 6.07 Å². The number of aryl methyl sites for hydroxylation is 1. The molecule has 25 heavy (non-hydrogen) atoms. The fourth-order valence-electron chi connectivity index (χ4n) is 4.08. The van der Waals surface area contributed by atoms with Gasteiger partial charge in [-0.05, 0) is 44.2 Å². The lowest BCUT2D eigenvalue weighted by molar-refractivity contribution is 0.0549. The van der Waals surface area contributed by atoms with Crippen LogP contribution in [0.2, 0.25) is 0 Å². The van der Waals surface area contributed by atoms with Gasteiger partial charge in [0.1, 0.15) is 5.82 Å². The first kappa shape index (κ1) is 16.3. The molecular weight excluding hydrogens is 318 g/mol. The number of rotatable bonds is 5. The third kappa shape index (κ3) is 3.61. The molecule has 0 unspecified atom stereocenters. The number of ether oxygens (including phenoxy) is 1. The van der Waals surface area contributed by atoms with Crippen LogP contribution in [0.5, 0.6) is 0 Å². The number of hydrogen-bond donors (Lipinski definition) is 2. The van der Waals surface area contributed by atoms with Gasteiger partial charge >= 0.3 is 6.03 Å². The molecule has 7 nitrogen and oxygen atoms in total. The van der Waals surface area contributed by atoms with Gasteiger partial charge in [0.15, 0.2) is 5.65 Å². The molecule has 3 heterocycles. The lowest BCUT2D eigenvalue weighted by Gasteiger charge is -2.33. The molecule has 7 heteroatoms. The Hall–Kier alpha value is -2.15. The Balaban J connectivity index is 1.21. The van der Waals surface area contributed by atoms with Gasteiger partial charge in [-0.3, -0.25) is 4.40 Å². The number of pyridine rings is 1. The monoisotopic (exact) mass is 343 g/mol. The van der Waals surface area contributed by atoms with Crippen LogP contribution in [0.1, 0.15) is 37.9 Å². The summed E-state index contributed by atoms with van der Waals surface area (Å²) in [5, 5.41) is 14.5. The molecule has 0 bridgehead atoms. The maximum atomic E-state index is 12.2. The van der Waals surface area contributed by atoms with Crippen molar-refractivity contribution >= 4 is 11.7 Å². The molecule has 1 aliphatic carbocycles. The van der Waals surface area contributed by atoms with E-state index in [9.17, 15) is 4.79 Å². The standard InChI is InChI=1S/C18H25N5O2/c24-18(20-14-5-3-6-15-13(14)9-12-25-15)19-10-4-8-17-22-21-16-7-1-2-11-23(16)17/h1-2,7,11,13-15H,3-6,8-10,12H2,(H2,19,20,24)/t13-,14-,15+/m1/s1. The van der Waals surface area contributed by atoms with Crippen LogP contribution in [0.4, 0.5) is 4.79 Å². The quantitative estimate of drug-likeness (QED) is 0.813. The van der Waals surface area contributed by atoms with E-state index in [1.54, 1.807) is 0 Å². The summed E-state index contributed by atoms with van der Waals surface area (Å²) in [6.45, 7) is 1.46. The molecule has 1 saturated carbocycles. The fourth-order valence-corrected chi connectivity index (χ4v) is 4.08. The van der Waals surface area contributed by atoms with Gasteiger partial charge in [0.25, 0.3) is 0 Å². The summed E-state index contributed by atoms with van der Waals surface area (Å²) in [4.78, 5) is 12.2. The molecule has 2 aromatic heterocycles. The Bertz CT molecular complexity index is 731. The number of carbonyl (C=O) groups is 1. The zero-order chi connectivity index (χ0) is 17.1. The molecule has 0 spiro atoms. The summed E-state index contributed by atoms with van der Waals surface area (Å²) in [5.41, 5.74) is 0.855. The average Bonchev–Trinajstić information content (AvgIpc) is 3.26. The van der Waals surface area contributed by atoms with Gasteiger partial charge in [0.05, 0.1) is 6.10 Å². The second-order valence-electron chi connectivity index (χ2n) is 6.95. The van der Waals surface area contributed by atoms with Crippen LogP contribution in [0.3, 0.4) is 0 Å². The Kier molecular flexibility index (Phi) is 4.83. The number of nitrogens with one attached hydrogen (secondary N) is 2. The van der Waals surface area contributed by atoms with Crippen molar-refractivity contribution in [3.8, 4) is 0 Å². The average molecular weight is 343 g/mol. The van der Waals surface area contributed by atoms with Gasteiger partial charge in [-0.25, -0.2) is 4.79 Å². The largest absolute Gasteiger partial charge is 0.378 e. The van der Waals surface area contributed by atoms with E-state index in [1.807, 2.05) is 28.8 Å². The molecule has 1 aliphatic heterocycles. The van der Waals surface area contributed by atoms with E-state index in [1.165, 1.54) is 0 Å². The first-order chi connectivity index (χ1) is 12.3. The van der Waals surface area contributed by atoms with Crippen LogP contribution in [0.25, 0.3) is 5.65 Å². The topological polar surface area (TPSA) is 80.6 Å². The first-order valence-electron chi connectivity index (χ1n) is 9.26. The maximum absolute atomic E-state index is 12.2. The Morgan fingerprint density at radius 2 is 2.24 bits per heavy atom. The molecule has 134 valence electrons. The number of carbonyl (C=O) groups excluding carboxylic acids is 1. The van der Waals surface area contributed by atoms with Crippen molar-refractivity contribution in [2.24, 2.45) is 5.92 Å². The van der Waals surface area contributed by atoms with E-state index in [0.717, 1.165) is 56.6 Å². The van der Waals surface area contributed by atoms with Crippen LogP contribution in [-0.2, 0) is 11.2 Å². The molecule has 2 fully saturated rings. The summed E-state index contributed by atoms with van der Waals surface area (Å²) in [5.74, 6) is 1.41. The minimum atomic E-state index is -0.0661. The zero-order valence-electron chi connectivity index (χ0n) is 14.4. The van der Waals surface area contributed by atoms with Gasteiger partial charge < -0.3 is 15.4 Å². The molecule has 2 aromatic rings. The second kappa shape index (κ2) is 7.39. The number of amides is 2. The van der Waals surface area contributed by atoms with Crippen molar-refractivity contribution in [2.45, 2.75) is 50.7 Å². The molecule has 2 aliphatic rings. The minimum absolute atomic E-state index is 0.0661. The van der Waals surface area contributed by atoms with Crippen molar-refractivity contribution in [1.29, 1.82) is 0 Å². The predicted molar refractivity (Wildman–Crippen MR) is 93.3 cm³/mol. The Morgan fingerprint density at radius 3 is 3.20 bits per heavy atom.